The van der Waals surface area contributed by atoms with Crippen molar-refractivity contribution in [2.75, 3.05) is 4.31 Å². The van der Waals surface area contributed by atoms with E-state index in [1.165, 1.54) is 4.31 Å². The molecule has 0 bridgehead atoms. The number of rotatable bonds is 7. The van der Waals surface area contributed by atoms with Crippen molar-refractivity contribution in [1.82, 2.24) is 0 Å². The highest BCUT2D eigenvalue weighted by Gasteiger charge is 2.29. The number of carbonyl (C=O) groups excluding carboxylic acids is 1. The lowest BCUT2D eigenvalue weighted by molar-refractivity contribution is 0.103. The van der Waals surface area contributed by atoms with Gasteiger partial charge in [-0.05, 0) is 48.9 Å². The molecule has 0 aliphatic carbocycles. The Kier molecular flexibility index (Phi) is 7.22. The Labute approximate surface area is 213 Å². The van der Waals surface area contributed by atoms with Crippen molar-refractivity contribution >= 4 is 49.0 Å². The number of sulfonamides is 1. The van der Waals surface area contributed by atoms with E-state index >= 15 is 0 Å². The first kappa shape index (κ1) is 24.2. The number of hydrogen-bond acceptors (Lipinski definition) is 3. The van der Waals surface area contributed by atoms with Crippen LogP contribution in [0.4, 0.5) is 5.69 Å². The zero-order valence-corrected chi connectivity index (χ0v) is 21.4. The first-order valence-corrected chi connectivity index (χ1v) is 13.1. The van der Waals surface area contributed by atoms with Crippen molar-refractivity contribution in [3.8, 4) is 0 Å². The van der Waals surface area contributed by atoms with Crippen LogP contribution in [-0.4, -0.2) is 14.2 Å². The molecule has 4 aromatic carbocycles. The molecule has 0 amide bonds. The summed E-state index contributed by atoms with van der Waals surface area (Å²) in [5, 5.41) is 0.444. The Hall–Kier alpha value is -2.93. The zero-order valence-electron chi connectivity index (χ0n) is 18.3. The van der Waals surface area contributed by atoms with Crippen LogP contribution in [0.2, 0.25) is 5.02 Å². The minimum Gasteiger partial charge on any atom is -0.289 e. The monoisotopic (exact) mass is 553 g/mol. The molecule has 0 N–H and O–H groups in total. The quantitative estimate of drug-likeness (QED) is 0.230. The van der Waals surface area contributed by atoms with Gasteiger partial charge in [0.2, 0.25) is 0 Å². The Bertz CT molecular complexity index is 1440. The second-order valence-corrected chi connectivity index (χ2v) is 11.0. The fourth-order valence-corrected chi connectivity index (χ4v) is 5.59. The maximum absolute atomic E-state index is 13.9. The number of benzene rings is 4. The molecule has 172 valence electrons. The largest absolute Gasteiger partial charge is 0.289 e. The van der Waals surface area contributed by atoms with Crippen LogP contribution < -0.4 is 4.31 Å². The smallest absolute Gasteiger partial charge is 0.264 e. The van der Waals surface area contributed by atoms with Crippen molar-refractivity contribution in [2.45, 2.75) is 18.4 Å². The molecule has 0 atom stereocenters. The van der Waals surface area contributed by atoms with Gasteiger partial charge in [0, 0.05) is 20.6 Å². The predicted octanol–water partition coefficient (Wildman–Crippen LogP) is 7.04. The maximum atomic E-state index is 13.9. The molecule has 4 nitrogen and oxygen atoms in total. The molecule has 0 fully saturated rings. The normalized spacial score (nSPS) is 11.3. The Morgan fingerprint density at radius 3 is 2.21 bits per heavy atom. The van der Waals surface area contributed by atoms with E-state index in [4.69, 9.17) is 11.6 Å². The summed E-state index contributed by atoms with van der Waals surface area (Å²) >= 11 is 9.83. The highest BCUT2D eigenvalue weighted by atomic mass is 79.9. The first-order valence-electron chi connectivity index (χ1n) is 10.5. The minimum atomic E-state index is -4.03. The van der Waals surface area contributed by atoms with Crippen molar-refractivity contribution < 1.29 is 13.2 Å². The Morgan fingerprint density at radius 2 is 1.53 bits per heavy atom. The number of ketones is 1. The van der Waals surface area contributed by atoms with Gasteiger partial charge in [0.05, 0.1) is 17.1 Å². The summed E-state index contributed by atoms with van der Waals surface area (Å²) in [6, 6.07) is 27.5. The SMILES string of the molecule is Cc1ccc(S(=O)(=O)N(Cc2ccccc2Cl)c2ccc(Br)cc2C(=O)c2ccccc2)cc1. The van der Waals surface area contributed by atoms with E-state index in [0.29, 0.717) is 20.6 Å². The second kappa shape index (κ2) is 10.1. The van der Waals surface area contributed by atoms with Crippen LogP contribution in [0, 0.1) is 6.92 Å². The van der Waals surface area contributed by atoms with Crippen LogP contribution in [0.1, 0.15) is 27.0 Å². The van der Waals surface area contributed by atoms with Crippen molar-refractivity contribution in [3.05, 3.63) is 129 Å². The minimum absolute atomic E-state index is 0.0351. The van der Waals surface area contributed by atoms with E-state index in [2.05, 4.69) is 15.9 Å². The lowest BCUT2D eigenvalue weighted by Crippen LogP contribution is -2.32. The van der Waals surface area contributed by atoms with Gasteiger partial charge < -0.3 is 0 Å². The summed E-state index contributed by atoms with van der Waals surface area (Å²) in [4.78, 5) is 13.6. The maximum Gasteiger partial charge on any atom is 0.264 e. The fourth-order valence-electron chi connectivity index (χ4n) is 3.57. The van der Waals surface area contributed by atoms with Gasteiger partial charge in [0.25, 0.3) is 10.0 Å². The molecular formula is C27H21BrClNO3S. The van der Waals surface area contributed by atoms with Crippen molar-refractivity contribution in [2.24, 2.45) is 0 Å². The molecule has 0 radical (unpaired) electrons. The van der Waals surface area contributed by atoms with Gasteiger partial charge in [-0.2, -0.15) is 0 Å². The number of halogens is 2. The summed E-state index contributed by atoms with van der Waals surface area (Å²) in [7, 11) is -4.03. The standard InChI is InChI=1S/C27H21BrClNO3S/c1-19-11-14-23(15-12-19)34(32,33)30(18-21-9-5-6-10-25(21)29)26-16-13-22(28)17-24(26)27(31)20-7-3-2-4-8-20/h2-17H,18H2,1H3. The van der Waals surface area contributed by atoms with Crippen LogP contribution in [0.5, 0.6) is 0 Å². The topological polar surface area (TPSA) is 54.5 Å². The molecule has 0 spiro atoms. The average Bonchev–Trinajstić information content (AvgIpc) is 2.84. The lowest BCUT2D eigenvalue weighted by Gasteiger charge is -2.27. The molecule has 0 aliphatic rings. The van der Waals surface area contributed by atoms with Gasteiger partial charge in [-0.3, -0.25) is 9.10 Å². The molecule has 4 aromatic rings. The predicted molar refractivity (Wildman–Crippen MR) is 140 cm³/mol. The Balaban J connectivity index is 1.91. The third kappa shape index (κ3) is 5.09. The molecule has 0 aromatic heterocycles. The molecule has 0 saturated heterocycles. The van der Waals surface area contributed by atoms with E-state index in [9.17, 15) is 13.2 Å². The molecule has 7 heteroatoms. The lowest BCUT2D eigenvalue weighted by atomic mass is 10.0. The molecule has 0 unspecified atom stereocenters. The van der Waals surface area contributed by atoms with Gasteiger partial charge >= 0.3 is 0 Å². The number of aryl methyl sites for hydroxylation is 1. The van der Waals surface area contributed by atoms with Crippen LogP contribution in [-0.2, 0) is 16.6 Å². The molecule has 0 saturated carbocycles. The van der Waals surface area contributed by atoms with Gasteiger partial charge in [-0.15, -0.1) is 0 Å². The fraction of sp³-hybridized carbons (Fsp3) is 0.0741. The van der Waals surface area contributed by atoms with E-state index in [1.54, 1.807) is 91.0 Å². The third-order valence-corrected chi connectivity index (χ3v) is 8.02. The molecule has 34 heavy (non-hydrogen) atoms. The summed E-state index contributed by atoms with van der Waals surface area (Å²) in [5.41, 5.74) is 2.58. The number of hydrogen-bond donors (Lipinski definition) is 0. The first-order chi connectivity index (χ1) is 16.3. The summed E-state index contributed by atoms with van der Waals surface area (Å²) in [6.07, 6.45) is 0. The number of nitrogens with zero attached hydrogens (tertiary/aromatic N) is 1. The van der Waals surface area contributed by atoms with E-state index in [0.717, 1.165) is 5.56 Å². The zero-order chi connectivity index (χ0) is 24.3. The molecule has 0 aliphatic heterocycles. The molecular weight excluding hydrogens is 534 g/mol. The Morgan fingerprint density at radius 1 is 0.882 bits per heavy atom. The van der Waals surface area contributed by atoms with Gasteiger partial charge in [-0.1, -0.05) is 93.8 Å². The summed E-state index contributed by atoms with van der Waals surface area (Å²) < 4.78 is 29.8. The van der Waals surface area contributed by atoms with E-state index < -0.39 is 10.0 Å². The summed E-state index contributed by atoms with van der Waals surface area (Å²) in [5.74, 6) is -0.278. The van der Waals surface area contributed by atoms with Gasteiger partial charge in [0.15, 0.2) is 5.78 Å². The van der Waals surface area contributed by atoms with Crippen molar-refractivity contribution in [3.63, 3.8) is 0 Å². The summed E-state index contributed by atoms with van der Waals surface area (Å²) in [6.45, 7) is 1.86. The van der Waals surface area contributed by atoms with Crippen LogP contribution in [0.15, 0.2) is 106 Å². The average molecular weight is 555 g/mol. The van der Waals surface area contributed by atoms with Gasteiger partial charge in [-0.25, -0.2) is 8.42 Å². The van der Waals surface area contributed by atoms with E-state index in [-0.39, 0.29) is 28.5 Å². The molecule has 4 rings (SSSR count). The highest BCUT2D eigenvalue weighted by molar-refractivity contribution is 9.10. The van der Waals surface area contributed by atoms with E-state index in [1.807, 2.05) is 13.0 Å². The van der Waals surface area contributed by atoms with Crippen LogP contribution in [0.25, 0.3) is 0 Å². The number of carbonyl (C=O) groups is 1. The third-order valence-electron chi connectivity index (χ3n) is 5.39. The number of anilines is 1. The van der Waals surface area contributed by atoms with Crippen LogP contribution in [0.3, 0.4) is 0 Å². The molecule has 0 heterocycles. The van der Waals surface area contributed by atoms with Gasteiger partial charge in [0.1, 0.15) is 0 Å². The highest BCUT2D eigenvalue weighted by Crippen LogP contribution is 2.33. The second-order valence-electron chi connectivity index (χ2n) is 7.77. The van der Waals surface area contributed by atoms with Crippen molar-refractivity contribution in [1.29, 1.82) is 0 Å². The van der Waals surface area contributed by atoms with Crippen LogP contribution >= 0.6 is 27.5 Å².